The van der Waals surface area contributed by atoms with E-state index in [1.807, 2.05) is 31.2 Å². The van der Waals surface area contributed by atoms with Crippen molar-refractivity contribution >= 4 is 18.0 Å². The van der Waals surface area contributed by atoms with Gasteiger partial charge in [-0.3, -0.25) is 9.88 Å². The fraction of sp³-hybridized carbons (Fsp3) is 0.316. The van der Waals surface area contributed by atoms with Crippen LogP contribution in [0.5, 0.6) is 0 Å². The highest BCUT2D eigenvalue weighted by atomic mass is 35.5. The number of halogens is 1. The lowest BCUT2D eigenvalue weighted by Crippen LogP contribution is -2.19. The number of nitrogens with zero attached hydrogens (tertiary/aromatic N) is 2. The van der Waals surface area contributed by atoms with Gasteiger partial charge in [-0.05, 0) is 50.4 Å². The van der Waals surface area contributed by atoms with Crippen molar-refractivity contribution in [1.29, 1.82) is 0 Å². The molecule has 0 aliphatic carbocycles. The molecule has 0 atom stereocenters. The van der Waals surface area contributed by atoms with E-state index in [4.69, 9.17) is 11.0 Å². The van der Waals surface area contributed by atoms with Crippen molar-refractivity contribution in [3.8, 4) is 0 Å². The first-order chi connectivity index (χ1) is 13.3. The molecule has 1 aliphatic rings. The molecule has 3 heteroatoms. The van der Waals surface area contributed by atoms with Crippen LogP contribution in [0.2, 0.25) is 0 Å². The zero-order chi connectivity index (χ0) is 21.7. The van der Waals surface area contributed by atoms with Crippen LogP contribution in [-0.4, -0.2) is 29.4 Å². The molecule has 22 heavy (non-hydrogen) atoms. The van der Waals surface area contributed by atoms with Crippen LogP contribution in [0.1, 0.15) is 40.5 Å². The maximum absolute atomic E-state index is 8.13. The molecular formula is C19H23ClN2. The molecule has 0 spiro atoms. The van der Waals surface area contributed by atoms with Gasteiger partial charge in [0.25, 0.3) is 0 Å². The third-order valence-electron chi connectivity index (χ3n) is 3.23. The highest BCUT2D eigenvalue weighted by molar-refractivity contribution is 5.85. The van der Waals surface area contributed by atoms with E-state index in [0.717, 1.165) is 11.1 Å². The molecule has 0 radical (unpaired) electrons. The lowest BCUT2D eigenvalue weighted by Gasteiger charge is -2.14. The molecule has 1 fully saturated rings. The fourth-order valence-electron chi connectivity index (χ4n) is 2.12. The van der Waals surface area contributed by atoms with Crippen LogP contribution in [0.3, 0.4) is 0 Å². The van der Waals surface area contributed by atoms with Crippen LogP contribution in [0.25, 0.3) is 5.57 Å². The number of aromatic nitrogens is 1. The van der Waals surface area contributed by atoms with Gasteiger partial charge < -0.3 is 0 Å². The first-order valence-electron chi connectivity index (χ1n) is 10.8. The molecule has 116 valence electrons. The Morgan fingerprint density at radius 3 is 2.55 bits per heavy atom. The molecule has 0 N–H and O–H groups in total. The van der Waals surface area contributed by atoms with Crippen molar-refractivity contribution < 1.29 is 11.0 Å². The number of rotatable bonds is 4. The van der Waals surface area contributed by atoms with E-state index >= 15 is 0 Å². The Bertz CT molecular complexity index is 888. The lowest BCUT2D eigenvalue weighted by atomic mass is 10.0. The largest absolute Gasteiger partial charge is 0.300 e. The zero-order valence-corrected chi connectivity index (χ0v) is 13.0. The lowest BCUT2D eigenvalue weighted by molar-refractivity contribution is 0.377. The van der Waals surface area contributed by atoms with Crippen LogP contribution in [-0.2, 0) is 0 Å². The summed E-state index contributed by atoms with van der Waals surface area (Å²) in [5.41, 5.74) is 3.08. The van der Waals surface area contributed by atoms with Gasteiger partial charge >= 0.3 is 0 Å². The van der Waals surface area contributed by atoms with Gasteiger partial charge in [0.1, 0.15) is 0 Å². The Kier molecular flexibility index (Phi) is 3.27. The van der Waals surface area contributed by atoms with E-state index in [1.54, 1.807) is 30.5 Å². The van der Waals surface area contributed by atoms with Crippen LogP contribution in [0.4, 0.5) is 0 Å². The smallest absolute Gasteiger partial charge is 0.0705 e. The molecule has 1 aromatic heterocycles. The quantitative estimate of drug-likeness (QED) is 0.832. The number of hydrogen-bond acceptors (Lipinski definition) is 2. The Balaban J connectivity index is 0.00000320. The highest BCUT2D eigenvalue weighted by Crippen LogP contribution is 2.22. The van der Waals surface area contributed by atoms with Crippen molar-refractivity contribution in [2.75, 3.05) is 19.5 Å². The Morgan fingerprint density at radius 2 is 1.91 bits per heavy atom. The highest BCUT2D eigenvalue weighted by Gasteiger charge is 2.11. The molecule has 1 aromatic carbocycles. The number of aryl methyl sites for hydroxylation is 1. The standard InChI is InChI=1S/C19H22N2.ClH/c1-16-7-9-17(10-8-16)18(19-6-2-3-12-20-19)11-15-21-13-4-5-14-21;/h2-3,6-12H,4-5,13-15H2,1H3;1H/i4D2,5D2,13D2,14D2;. The maximum Gasteiger partial charge on any atom is 0.0705 e. The predicted octanol–water partition coefficient (Wildman–Crippen LogP) is 4.34. The summed E-state index contributed by atoms with van der Waals surface area (Å²) in [6.07, 6.45) is -2.89. The average molecular weight is 323 g/mol. The summed E-state index contributed by atoms with van der Waals surface area (Å²) in [6, 6.07) is 12.9. The van der Waals surface area contributed by atoms with Gasteiger partial charge in [-0.1, -0.05) is 42.0 Å². The van der Waals surface area contributed by atoms with E-state index in [1.165, 1.54) is 0 Å². The topological polar surface area (TPSA) is 16.1 Å². The zero-order valence-electron chi connectivity index (χ0n) is 20.2. The Hall–Kier alpha value is -1.64. The number of hydrogen-bond donors (Lipinski definition) is 0. The first-order valence-corrected chi connectivity index (χ1v) is 6.80. The van der Waals surface area contributed by atoms with Crippen LogP contribution < -0.4 is 0 Å². The fourth-order valence-corrected chi connectivity index (χ4v) is 2.12. The summed E-state index contributed by atoms with van der Waals surface area (Å²) in [7, 11) is 0. The van der Waals surface area contributed by atoms with Gasteiger partial charge in [-0.2, -0.15) is 0 Å². The molecule has 0 saturated carbocycles. The third-order valence-corrected chi connectivity index (χ3v) is 3.23. The molecular weight excluding hydrogens is 292 g/mol. The van der Waals surface area contributed by atoms with Crippen LogP contribution in [0, 0.1) is 6.92 Å². The van der Waals surface area contributed by atoms with E-state index in [-0.39, 0.29) is 19.0 Å². The van der Waals surface area contributed by atoms with Crippen LogP contribution in [0.15, 0.2) is 54.7 Å². The Labute approximate surface area is 150 Å². The molecule has 0 unspecified atom stereocenters. The molecule has 0 bridgehead atoms. The molecule has 2 aromatic rings. The third kappa shape index (κ3) is 4.19. The normalized spacial score (nSPS) is 30.1. The molecule has 2 heterocycles. The second-order valence-corrected chi connectivity index (χ2v) is 4.78. The first kappa shape index (κ1) is 8.85. The summed E-state index contributed by atoms with van der Waals surface area (Å²) in [4.78, 5) is 4.94. The van der Waals surface area contributed by atoms with Gasteiger partial charge in [0.2, 0.25) is 0 Å². The summed E-state index contributed by atoms with van der Waals surface area (Å²) in [6.45, 7) is -4.08. The van der Waals surface area contributed by atoms with E-state index in [9.17, 15) is 0 Å². The second kappa shape index (κ2) is 8.11. The van der Waals surface area contributed by atoms with E-state index in [0.29, 0.717) is 16.2 Å². The number of likely N-dealkylation sites (tertiary alicyclic amines) is 1. The minimum atomic E-state index is -3.04. The molecule has 1 saturated heterocycles. The van der Waals surface area contributed by atoms with Gasteiger partial charge in [0.05, 0.1) is 5.69 Å². The molecule has 2 nitrogen and oxygen atoms in total. The summed E-state index contributed by atoms with van der Waals surface area (Å²) < 4.78 is 64.2. The van der Waals surface area contributed by atoms with Gasteiger partial charge in [-0.15, -0.1) is 12.4 Å². The van der Waals surface area contributed by atoms with Gasteiger partial charge in [0.15, 0.2) is 0 Å². The summed E-state index contributed by atoms with van der Waals surface area (Å²) in [5, 5.41) is 0. The maximum atomic E-state index is 8.13. The van der Waals surface area contributed by atoms with Crippen molar-refractivity contribution in [1.82, 2.24) is 9.88 Å². The molecule has 0 amide bonds. The minimum Gasteiger partial charge on any atom is -0.300 e. The SMILES string of the molecule is Cl.[2H]C1([2H])N(CC=C(c2ccc(C)cc2)c2ccccn2)C([2H])([2H])C([2H])([2H])C1([2H])[2H]. The summed E-state index contributed by atoms with van der Waals surface area (Å²) >= 11 is 0. The Morgan fingerprint density at radius 1 is 1.18 bits per heavy atom. The predicted molar refractivity (Wildman–Crippen MR) is 95.4 cm³/mol. The minimum absolute atomic E-state index is 0. The second-order valence-electron chi connectivity index (χ2n) is 4.78. The summed E-state index contributed by atoms with van der Waals surface area (Å²) in [5.74, 6) is 0. The van der Waals surface area contributed by atoms with Crippen molar-refractivity contribution in [2.24, 2.45) is 0 Å². The average Bonchev–Trinajstić information content (AvgIpc) is 2.72. The molecule has 3 rings (SSSR count). The van der Waals surface area contributed by atoms with Crippen molar-refractivity contribution in [3.05, 3.63) is 71.6 Å². The van der Waals surface area contributed by atoms with E-state index in [2.05, 4.69) is 4.98 Å². The monoisotopic (exact) mass is 322 g/mol. The van der Waals surface area contributed by atoms with Crippen LogP contribution >= 0.6 is 12.4 Å². The number of pyridine rings is 1. The van der Waals surface area contributed by atoms with E-state index < -0.39 is 25.7 Å². The number of benzene rings is 1. The van der Waals surface area contributed by atoms with Gasteiger partial charge in [-0.25, -0.2) is 0 Å². The molecule has 1 aliphatic heterocycles. The van der Waals surface area contributed by atoms with Crippen molar-refractivity contribution in [2.45, 2.75) is 19.7 Å². The van der Waals surface area contributed by atoms with Crippen molar-refractivity contribution in [3.63, 3.8) is 0 Å². The van der Waals surface area contributed by atoms with Gasteiger partial charge in [0, 0.05) is 29.3 Å².